The minimum Gasteiger partial charge on any atom is -0.497 e. The van der Waals surface area contributed by atoms with E-state index in [1.165, 1.54) is 0 Å². The summed E-state index contributed by atoms with van der Waals surface area (Å²) in [5.74, 6) is 0.833. The van der Waals surface area contributed by atoms with Crippen LogP contribution in [0.4, 0.5) is 0 Å². The molecule has 0 aliphatic heterocycles. The van der Waals surface area contributed by atoms with E-state index in [0.717, 1.165) is 22.7 Å². The summed E-state index contributed by atoms with van der Waals surface area (Å²) < 4.78 is 5.19. The summed E-state index contributed by atoms with van der Waals surface area (Å²) in [6, 6.07) is 11.4. The molecule has 0 aliphatic rings. The number of Topliss-reactive ketones (excluding diaryl/α,β-unsaturated/α-hetero) is 1. The number of rotatable bonds is 3. The molecule has 3 nitrogen and oxygen atoms in total. The molecule has 1 aromatic heterocycles. The fourth-order valence-corrected chi connectivity index (χ4v) is 1.88. The Morgan fingerprint density at radius 3 is 2.61 bits per heavy atom. The van der Waals surface area contributed by atoms with E-state index < -0.39 is 0 Å². The van der Waals surface area contributed by atoms with E-state index in [-0.39, 0.29) is 5.78 Å². The molecular weight excluding hydrogens is 226 g/mol. The molecular formula is C15H15NO2. The monoisotopic (exact) mass is 241 g/mol. The van der Waals surface area contributed by atoms with Gasteiger partial charge in [0, 0.05) is 16.8 Å². The van der Waals surface area contributed by atoms with Crippen molar-refractivity contribution in [2.45, 2.75) is 13.8 Å². The molecule has 0 fully saturated rings. The SMILES string of the molecule is COc1cccc(-c2ccc(C(C)=O)c(C)n2)c1. The molecule has 0 radical (unpaired) electrons. The number of aromatic nitrogens is 1. The van der Waals surface area contributed by atoms with Gasteiger partial charge in [-0.2, -0.15) is 0 Å². The molecule has 0 spiro atoms. The van der Waals surface area contributed by atoms with Gasteiger partial charge in [-0.25, -0.2) is 0 Å². The number of methoxy groups -OCH3 is 1. The van der Waals surface area contributed by atoms with Crippen molar-refractivity contribution in [2.24, 2.45) is 0 Å². The number of hydrogen-bond acceptors (Lipinski definition) is 3. The van der Waals surface area contributed by atoms with E-state index in [2.05, 4.69) is 4.98 Å². The van der Waals surface area contributed by atoms with Crippen LogP contribution in [-0.2, 0) is 0 Å². The molecule has 18 heavy (non-hydrogen) atoms. The van der Waals surface area contributed by atoms with E-state index in [4.69, 9.17) is 4.74 Å². The Balaban J connectivity index is 2.45. The molecule has 0 saturated carbocycles. The van der Waals surface area contributed by atoms with Crippen LogP contribution in [0.5, 0.6) is 5.75 Å². The number of hydrogen-bond donors (Lipinski definition) is 0. The predicted octanol–water partition coefficient (Wildman–Crippen LogP) is 3.27. The standard InChI is InChI=1S/C15H15NO2/c1-10-14(11(2)17)7-8-15(16-10)12-5-4-6-13(9-12)18-3/h4-9H,1-3H3. The summed E-state index contributed by atoms with van der Waals surface area (Å²) >= 11 is 0. The Bertz CT molecular complexity index is 591. The van der Waals surface area contributed by atoms with Gasteiger partial charge in [-0.1, -0.05) is 12.1 Å². The highest BCUT2D eigenvalue weighted by atomic mass is 16.5. The number of nitrogens with zero attached hydrogens (tertiary/aromatic N) is 1. The molecule has 2 rings (SSSR count). The Kier molecular flexibility index (Phi) is 3.42. The van der Waals surface area contributed by atoms with E-state index in [1.807, 2.05) is 43.3 Å². The Hall–Kier alpha value is -2.16. The van der Waals surface area contributed by atoms with Crippen molar-refractivity contribution in [1.29, 1.82) is 0 Å². The van der Waals surface area contributed by atoms with Crippen LogP contribution in [0, 0.1) is 6.92 Å². The van der Waals surface area contributed by atoms with Gasteiger partial charge in [0.15, 0.2) is 5.78 Å². The smallest absolute Gasteiger partial charge is 0.161 e. The first-order valence-corrected chi connectivity index (χ1v) is 5.75. The quantitative estimate of drug-likeness (QED) is 0.774. The van der Waals surface area contributed by atoms with Gasteiger partial charge < -0.3 is 4.74 Å². The number of ketones is 1. The largest absolute Gasteiger partial charge is 0.497 e. The minimum absolute atomic E-state index is 0.0391. The van der Waals surface area contributed by atoms with Crippen LogP contribution in [0.25, 0.3) is 11.3 Å². The lowest BCUT2D eigenvalue weighted by molar-refractivity contribution is 0.101. The molecule has 92 valence electrons. The first-order chi connectivity index (χ1) is 8.61. The van der Waals surface area contributed by atoms with Crippen molar-refractivity contribution in [1.82, 2.24) is 4.98 Å². The molecule has 0 atom stereocenters. The van der Waals surface area contributed by atoms with Crippen LogP contribution in [-0.4, -0.2) is 17.9 Å². The molecule has 1 heterocycles. The fourth-order valence-electron chi connectivity index (χ4n) is 1.88. The van der Waals surface area contributed by atoms with E-state index in [9.17, 15) is 4.79 Å². The summed E-state index contributed by atoms with van der Waals surface area (Å²) in [7, 11) is 1.64. The maximum Gasteiger partial charge on any atom is 0.161 e. The van der Waals surface area contributed by atoms with Crippen LogP contribution in [0.2, 0.25) is 0 Å². The van der Waals surface area contributed by atoms with Crippen LogP contribution in [0.15, 0.2) is 36.4 Å². The number of aryl methyl sites for hydroxylation is 1. The van der Waals surface area contributed by atoms with Crippen molar-refractivity contribution < 1.29 is 9.53 Å². The second-order valence-electron chi connectivity index (χ2n) is 4.12. The molecule has 0 aliphatic carbocycles. The van der Waals surface area contributed by atoms with Crippen molar-refractivity contribution >= 4 is 5.78 Å². The maximum atomic E-state index is 11.4. The van der Waals surface area contributed by atoms with Gasteiger partial charge in [0.05, 0.1) is 12.8 Å². The minimum atomic E-state index is 0.0391. The number of ether oxygens (including phenoxy) is 1. The number of pyridine rings is 1. The number of carbonyl (C=O) groups is 1. The zero-order valence-electron chi connectivity index (χ0n) is 10.7. The van der Waals surface area contributed by atoms with Crippen LogP contribution in [0.1, 0.15) is 23.0 Å². The summed E-state index contributed by atoms with van der Waals surface area (Å²) in [6.07, 6.45) is 0. The summed E-state index contributed by atoms with van der Waals surface area (Å²) in [5, 5.41) is 0. The Morgan fingerprint density at radius 1 is 1.22 bits per heavy atom. The van der Waals surface area contributed by atoms with E-state index in [1.54, 1.807) is 14.0 Å². The topological polar surface area (TPSA) is 39.2 Å². The number of carbonyl (C=O) groups excluding carboxylic acids is 1. The third-order valence-electron chi connectivity index (χ3n) is 2.83. The van der Waals surface area contributed by atoms with Crippen LogP contribution < -0.4 is 4.74 Å². The molecule has 1 aromatic carbocycles. The third-order valence-corrected chi connectivity index (χ3v) is 2.83. The lowest BCUT2D eigenvalue weighted by atomic mass is 10.1. The van der Waals surface area contributed by atoms with Crippen molar-refractivity contribution in [3.63, 3.8) is 0 Å². The lowest BCUT2D eigenvalue weighted by Gasteiger charge is -2.07. The molecule has 3 heteroatoms. The predicted molar refractivity (Wildman–Crippen MR) is 71.0 cm³/mol. The van der Waals surface area contributed by atoms with Crippen molar-refractivity contribution in [3.05, 3.63) is 47.7 Å². The summed E-state index contributed by atoms with van der Waals surface area (Å²) in [6.45, 7) is 3.40. The van der Waals surface area contributed by atoms with E-state index >= 15 is 0 Å². The Labute approximate surface area is 106 Å². The molecule has 0 saturated heterocycles. The van der Waals surface area contributed by atoms with Crippen molar-refractivity contribution in [2.75, 3.05) is 7.11 Å². The zero-order chi connectivity index (χ0) is 13.1. The Morgan fingerprint density at radius 2 is 2.00 bits per heavy atom. The van der Waals surface area contributed by atoms with E-state index in [0.29, 0.717) is 5.56 Å². The average molecular weight is 241 g/mol. The van der Waals surface area contributed by atoms with Crippen LogP contribution >= 0.6 is 0 Å². The first kappa shape index (κ1) is 12.3. The molecule has 2 aromatic rings. The second kappa shape index (κ2) is 5.00. The number of benzene rings is 1. The van der Waals surface area contributed by atoms with Crippen molar-refractivity contribution in [3.8, 4) is 17.0 Å². The molecule has 0 amide bonds. The molecule has 0 bridgehead atoms. The van der Waals surface area contributed by atoms with Gasteiger partial charge in [0.1, 0.15) is 5.75 Å². The maximum absolute atomic E-state index is 11.4. The third kappa shape index (κ3) is 2.40. The summed E-state index contributed by atoms with van der Waals surface area (Å²) in [5.41, 5.74) is 3.24. The molecule has 0 unspecified atom stereocenters. The average Bonchev–Trinajstić information content (AvgIpc) is 2.38. The summed E-state index contributed by atoms with van der Waals surface area (Å²) in [4.78, 5) is 15.8. The van der Waals surface area contributed by atoms with Gasteiger partial charge in [0.25, 0.3) is 0 Å². The molecule has 0 N–H and O–H groups in total. The lowest BCUT2D eigenvalue weighted by Crippen LogP contribution is -1.99. The normalized spacial score (nSPS) is 10.2. The highest BCUT2D eigenvalue weighted by Crippen LogP contribution is 2.23. The zero-order valence-corrected chi connectivity index (χ0v) is 10.7. The van der Waals surface area contributed by atoms with Gasteiger partial charge >= 0.3 is 0 Å². The van der Waals surface area contributed by atoms with Crippen LogP contribution in [0.3, 0.4) is 0 Å². The van der Waals surface area contributed by atoms with Gasteiger partial charge in [-0.05, 0) is 38.1 Å². The van der Waals surface area contributed by atoms with Gasteiger partial charge in [-0.3, -0.25) is 9.78 Å². The highest BCUT2D eigenvalue weighted by molar-refractivity contribution is 5.95. The second-order valence-corrected chi connectivity index (χ2v) is 4.12. The highest BCUT2D eigenvalue weighted by Gasteiger charge is 2.07. The first-order valence-electron chi connectivity index (χ1n) is 5.75. The van der Waals surface area contributed by atoms with Gasteiger partial charge in [-0.15, -0.1) is 0 Å². The van der Waals surface area contributed by atoms with Gasteiger partial charge in [0.2, 0.25) is 0 Å². The fraction of sp³-hybridized carbons (Fsp3) is 0.200.